The first-order valence-electron chi connectivity index (χ1n) is 13.1. The van der Waals surface area contributed by atoms with Gasteiger partial charge in [-0.25, -0.2) is 0 Å². The average Bonchev–Trinajstić information content (AvgIpc) is 2.64. The normalized spacial score (nSPS) is 15.7. The van der Waals surface area contributed by atoms with Crippen molar-refractivity contribution in [3.63, 3.8) is 0 Å². The Balaban J connectivity index is 4.83. The van der Waals surface area contributed by atoms with E-state index in [9.17, 15) is 0 Å². The van der Waals surface area contributed by atoms with Crippen molar-refractivity contribution >= 4 is 0 Å². The van der Waals surface area contributed by atoms with Crippen molar-refractivity contribution in [2.45, 2.75) is 145 Å². The lowest BCUT2D eigenvalue weighted by molar-refractivity contribution is -0.163. The molecule has 0 radical (unpaired) electrons. The number of hydrogen-bond donors (Lipinski definition) is 0. The van der Waals surface area contributed by atoms with Crippen molar-refractivity contribution in [2.24, 2.45) is 16.7 Å². The Morgan fingerprint density at radius 2 is 1.15 bits per heavy atom. The van der Waals surface area contributed by atoms with Crippen LogP contribution in [0.25, 0.3) is 0 Å². The molecule has 0 saturated heterocycles. The van der Waals surface area contributed by atoms with E-state index < -0.39 is 0 Å². The number of rotatable bonds is 16. The van der Waals surface area contributed by atoms with Crippen LogP contribution in [0.15, 0.2) is 0 Å². The summed E-state index contributed by atoms with van der Waals surface area (Å²) in [6.45, 7) is 33.2. The molecule has 0 fully saturated rings. The maximum atomic E-state index is 6.62. The standard InChI is InChI=1S/C29H60O4/c1-23(27(9,10)29(13,14)32-21-19-26(7,8)30-15)22-33-28(11,12)25(5,6)18-16-17-20-31-24(2,3)4/h23H,16-22H2,1-15H3. The van der Waals surface area contributed by atoms with Crippen molar-refractivity contribution in [3.05, 3.63) is 0 Å². The fourth-order valence-electron chi connectivity index (χ4n) is 3.52. The van der Waals surface area contributed by atoms with Gasteiger partial charge >= 0.3 is 0 Å². The van der Waals surface area contributed by atoms with Crippen LogP contribution in [0.5, 0.6) is 0 Å². The zero-order valence-corrected chi connectivity index (χ0v) is 25.2. The summed E-state index contributed by atoms with van der Waals surface area (Å²) >= 11 is 0. The molecule has 4 heteroatoms. The molecule has 200 valence electrons. The molecule has 0 aliphatic rings. The average molecular weight is 473 g/mol. The Hall–Kier alpha value is -0.160. The Labute approximate surface area is 207 Å². The van der Waals surface area contributed by atoms with Crippen LogP contribution in [0.4, 0.5) is 0 Å². The minimum absolute atomic E-state index is 0.0469. The molecule has 0 aromatic rings. The lowest BCUT2D eigenvalue weighted by atomic mass is 9.68. The van der Waals surface area contributed by atoms with Crippen LogP contribution >= 0.6 is 0 Å². The minimum atomic E-state index is -0.272. The minimum Gasteiger partial charge on any atom is -0.379 e. The van der Waals surface area contributed by atoms with Gasteiger partial charge in [-0.15, -0.1) is 0 Å². The second-order valence-electron chi connectivity index (χ2n) is 13.8. The van der Waals surface area contributed by atoms with Gasteiger partial charge in [-0.2, -0.15) is 0 Å². The first-order valence-corrected chi connectivity index (χ1v) is 13.1. The summed E-state index contributed by atoms with van der Waals surface area (Å²) in [5, 5.41) is 0. The largest absolute Gasteiger partial charge is 0.379 e. The van der Waals surface area contributed by atoms with E-state index in [1.165, 1.54) is 0 Å². The van der Waals surface area contributed by atoms with Gasteiger partial charge in [0, 0.05) is 13.7 Å². The van der Waals surface area contributed by atoms with E-state index in [-0.39, 0.29) is 33.2 Å². The molecule has 0 amide bonds. The third kappa shape index (κ3) is 11.0. The lowest BCUT2D eigenvalue weighted by Gasteiger charge is -2.48. The summed E-state index contributed by atoms with van der Waals surface area (Å²) in [7, 11) is 1.76. The zero-order valence-electron chi connectivity index (χ0n) is 25.2. The zero-order chi connectivity index (χ0) is 26.4. The molecule has 0 spiro atoms. The highest BCUT2D eigenvalue weighted by Crippen LogP contribution is 2.43. The van der Waals surface area contributed by atoms with Gasteiger partial charge in [0.1, 0.15) is 0 Å². The van der Waals surface area contributed by atoms with Crippen LogP contribution in [0, 0.1) is 16.7 Å². The second-order valence-corrected chi connectivity index (χ2v) is 13.8. The fourth-order valence-corrected chi connectivity index (χ4v) is 3.52. The van der Waals surface area contributed by atoms with Crippen LogP contribution in [-0.4, -0.2) is 49.3 Å². The van der Waals surface area contributed by atoms with Crippen LogP contribution < -0.4 is 0 Å². The van der Waals surface area contributed by atoms with Crippen LogP contribution in [0.2, 0.25) is 0 Å². The molecule has 1 atom stereocenters. The van der Waals surface area contributed by atoms with E-state index in [0.29, 0.717) is 19.1 Å². The number of ether oxygens (including phenoxy) is 4. The summed E-state index contributed by atoms with van der Waals surface area (Å²) in [5.41, 5.74) is -0.672. The summed E-state index contributed by atoms with van der Waals surface area (Å²) in [6, 6.07) is 0. The van der Waals surface area contributed by atoms with Gasteiger partial charge in [-0.05, 0) is 98.3 Å². The summed E-state index contributed by atoms with van der Waals surface area (Å²) in [6.07, 6.45) is 4.23. The van der Waals surface area contributed by atoms with E-state index in [1.807, 2.05) is 0 Å². The molecule has 0 heterocycles. The molecule has 4 nitrogen and oxygen atoms in total. The van der Waals surface area contributed by atoms with Crippen LogP contribution in [0.3, 0.4) is 0 Å². The Bertz CT molecular complexity index is 552. The molecule has 0 rings (SSSR count). The van der Waals surface area contributed by atoms with Gasteiger partial charge in [0.15, 0.2) is 0 Å². The molecular formula is C29H60O4. The highest BCUT2D eigenvalue weighted by Gasteiger charge is 2.44. The predicted octanol–water partition coefficient (Wildman–Crippen LogP) is 8.07. The van der Waals surface area contributed by atoms with Crippen molar-refractivity contribution in [1.29, 1.82) is 0 Å². The van der Waals surface area contributed by atoms with E-state index in [1.54, 1.807) is 7.11 Å². The van der Waals surface area contributed by atoms with Crippen molar-refractivity contribution < 1.29 is 18.9 Å². The maximum Gasteiger partial charge on any atom is 0.0680 e. The van der Waals surface area contributed by atoms with Gasteiger partial charge < -0.3 is 18.9 Å². The maximum absolute atomic E-state index is 6.62. The number of hydrogen-bond acceptors (Lipinski definition) is 4. The van der Waals surface area contributed by atoms with Crippen molar-refractivity contribution in [2.75, 3.05) is 26.9 Å². The van der Waals surface area contributed by atoms with Crippen LogP contribution in [-0.2, 0) is 18.9 Å². The third-order valence-corrected chi connectivity index (χ3v) is 8.56. The molecule has 0 saturated carbocycles. The predicted molar refractivity (Wildman–Crippen MR) is 142 cm³/mol. The quantitative estimate of drug-likeness (QED) is 0.213. The van der Waals surface area contributed by atoms with E-state index in [4.69, 9.17) is 18.9 Å². The molecule has 0 aliphatic carbocycles. The number of methoxy groups -OCH3 is 1. The summed E-state index contributed by atoms with van der Waals surface area (Å²) in [5.74, 6) is 0.346. The molecule has 0 bridgehead atoms. The van der Waals surface area contributed by atoms with Gasteiger partial charge in [-0.1, -0.05) is 41.0 Å². The monoisotopic (exact) mass is 472 g/mol. The van der Waals surface area contributed by atoms with Crippen molar-refractivity contribution in [1.82, 2.24) is 0 Å². The topological polar surface area (TPSA) is 36.9 Å². The lowest BCUT2D eigenvalue weighted by Crippen LogP contribution is -2.49. The summed E-state index contributed by atoms with van der Waals surface area (Å²) < 4.78 is 24.4. The van der Waals surface area contributed by atoms with E-state index >= 15 is 0 Å². The Morgan fingerprint density at radius 3 is 1.64 bits per heavy atom. The van der Waals surface area contributed by atoms with E-state index in [0.717, 1.165) is 32.3 Å². The molecule has 33 heavy (non-hydrogen) atoms. The molecule has 0 aliphatic heterocycles. The highest BCUT2D eigenvalue weighted by molar-refractivity contribution is 4.93. The first-order chi connectivity index (χ1) is 14.6. The van der Waals surface area contributed by atoms with Crippen LogP contribution in [0.1, 0.15) is 123 Å². The fraction of sp³-hybridized carbons (Fsp3) is 1.00. The van der Waals surface area contributed by atoms with Crippen molar-refractivity contribution in [3.8, 4) is 0 Å². The molecule has 0 aromatic carbocycles. The molecule has 1 unspecified atom stereocenters. The smallest absolute Gasteiger partial charge is 0.0680 e. The number of unbranched alkanes of at least 4 members (excludes halogenated alkanes) is 1. The summed E-state index contributed by atoms with van der Waals surface area (Å²) in [4.78, 5) is 0. The third-order valence-electron chi connectivity index (χ3n) is 8.56. The first kappa shape index (κ1) is 32.8. The Kier molecular flexibility index (Phi) is 12.1. The highest BCUT2D eigenvalue weighted by atomic mass is 16.5. The van der Waals surface area contributed by atoms with Gasteiger partial charge in [-0.3, -0.25) is 0 Å². The van der Waals surface area contributed by atoms with Gasteiger partial charge in [0.2, 0.25) is 0 Å². The van der Waals surface area contributed by atoms with Gasteiger partial charge in [0.25, 0.3) is 0 Å². The molecule has 0 N–H and O–H groups in total. The molecule has 0 aromatic heterocycles. The Morgan fingerprint density at radius 1 is 0.606 bits per heavy atom. The molecular weight excluding hydrogens is 412 g/mol. The SMILES string of the molecule is COC(C)(C)CCOC(C)(C)C(C)(C)C(C)COC(C)(C)C(C)(C)CCCCOC(C)(C)C. The van der Waals surface area contributed by atoms with E-state index in [2.05, 4.69) is 96.9 Å². The van der Waals surface area contributed by atoms with Gasteiger partial charge in [0.05, 0.1) is 35.6 Å². The second kappa shape index (κ2) is 12.2.